The molecule has 9 heteroatoms. The van der Waals surface area contributed by atoms with Crippen LogP contribution in [0.25, 0.3) is 0 Å². The zero-order valence-electron chi connectivity index (χ0n) is 22.4. The van der Waals surface area contributed by atoms with Crippen LogP contribution in [0.5, 0.6) is 0 Å². The Morgan fingerprint density at radius 3 is 2.97 bits per heavy atom. The monoisotopic (exact) mass is 543 g/mol. The average Bonchev–Trinajstić information content (AvgIpc) is 3.63. The quantitative estimate of drug-likeness (QED) is 0.361. The standard InChI is InChI=1S/C30H39F2N3O4/c31-23-9-7-22(18-39-25-12-15-38-19-25)26(16-23)28(30(36)37)35-14-11-21(17-35)27(32)6-2-1-5-24-10-8-20-4-3-13-33-29(20)34-24/h7-10,16,21,25,27-28H,1-6,11-15,17-19H2,(H,33,34)(H,36,37). The minimum absolute atomic E-state index is 0.0469. The van der Waals surface area contributed by atoms with Crippen molar-refractivity contribution >= 4 is 11.8 Å². The van der Waals surface area contributed by atoms with E-state index in [2.05, 4.69) is 17.4 Å². The van der Waals surface area contributed by atoms with Crippen LogP contribution >= 0.6 is 0 Å². The summed E-state index contributed by atoms with van der Waals surface area (Å²) in [6.07, 6.45) is 5.39. The van der Waals surface area contributed by atoms with E-state index in [-0.39, 0.29) is 18.6 Å². The fraction of sp³-hybridized carbons (Fsp3) is 0.600. The van der Waals surface area contributed by atoms with E-state index in [1.165, 1.54) is 17.7 Å². The van der Waals surface area contributed by atoms with Crippen molar-refractivity contribution in [2.24, 2.45) is 5.92 Å². The van der Waals surface area contributed by atoms with Crippen molar-refractivity contribution in [2.75, 3.05) is 38.2 Å². The van der Waals surface area contributed by atoms with Gasteiger partial charge in [0.05, 0.1) is 19.3 Å². The summed E-state index contributed by atoms with van der Waals surface area (Å²) < 4.78 is 40.7. The van der Waals surface area contributed by atoms with Gasteiger partial charge < -0.3 is 19.9 Å². The van der Waals surface area contributed by atoms with Crippen molar-refractivity contribution in [3.8, 4) is 0 Å². The van der Waals surface area contributed by atoms with E-state index in [0.717, 1.165) is 56.6 Å². The number of nitrogens with zero attached hydrogens (tertiary/aromatic N) is 2. The van der Waals surface area contributed by atoms with Gasteiger partial charge in [-0.3, -0.25) is 9.69 Å². The van der Waals surface area contributed by atoms with Crippen molar-refractivity contribution in [3.63, 3.8) is 0 Å². The number of hydrogen-bond donors (Lipinski definition) is 2. The number of nitrogens with one attached hydrogen (secondary N) is 1. The smallest absolute Gasteiger partial charge is 0.325 e. The van der Waals surface area contributed by atoms with E-state index in [0.29, 0.717) is 50.3 Å². The fourth-order valence-corrected chi connectivity index (χ4v) is 6.02. The highest BCUT2D eigenvalue weighted by Gasteiger charge is 2.37. The molecule has 0 saturated carbocycles. The zero-order valence-corrected chi connectivity index (χ0v) is 22.4. The van der Waals surface area contributed by atoms with Crippen LogP contribution in [0, 0.1) is 11.7 Å². The van der Waals surface area contributed by atoms with Gasteiger partial charge in [0, 0.05) is 31.3 Å². The average molecular weight is 544 g/mol. The van der Waals surface area contributed by atoms with E-state index < -0.39 is 24.0 Å². The highest BCUT2D eigenvalue weighted by atomic mass is 19.1. The zero-order chi connectivity index (χ0) is 27.2. The molecule has 5 rings (SSSR count). The lowest BCUT2D eigenvalue weighted by Gasteiger charge is -2.27. The van der Waals surface area contributed by atoms with E-state index in [4.69, 9.17) is 14.5 Å². The van der Waals surface area contributed by atoms with Gasteiger partial charge in [0.25, 0.3) is 0 Å². The van der Waals surface area contributed by atoms with Crippen molar-refractivity contribution in [2.45, 2.75) is 76.3 Å². The van der Waals surface area contributed by atoms with Crippen LogP contribution in [0.2, 0.25) is 0 Å². The van der Waals surface area contributed by atoms with Gasteiger partial charge in [-0.15, -0.1) is 0 Å². The molecule has 2 N–H and O–H groups in total. The molecule has 4 heterocycles. The minimum Gasteiger partial charge on any atom is -0.480 e. The van der Waals surface area contributed by atoms with Gasteiger partial charge in [-0.05, 0) is 86.4 Å². The lowest BCUT2D eigenvalue weighted by Crippen LogP contribution is -2.34. The SMILES string of the molecule is O=C(O)C(c1cc(F)ccc1COC1CCOC1)N1CCC(C(F)CCCCc2ccc3c(n2)NCCC3)C1. The Balaban J connectivity index is 1.14. The van der Waals surface area contributed by atoms with Gasteiger partial charge in [0.1, 0.15) is 23.8 Å². The molecule has 2 saturated heterocycles. The van der Waals surface area contributed by atoms with Gasteiger partial charge in [-0.25, -0.2) is 13.8 Å². The van der Waals surface area contributed by atoms with E-state index in [1.54, 1.807) is 11.0 Å². The number of fused-ring (bicyclic) bond motifs is 1. The predicted molar refractivity (Wildman–Crippen MR) is 144 cm³/mol. The molecule has 3 aliphatic heterocycles. The van der Waals surface area contributed by atoms with Crippen LogP contribution < -0.4 is 5.32 Å². The molecule has 212 valence electrons. The van der Waals surface area contributed by atoms with Crippen LogP contribution in [-0.2, 0) is 33.7 Å². The largest absolute Gasteiger partial charge is 0.480 e. The number of aliphatic carboxylic acids is 1. The first-order chi connectivity index (χ1) is 19.0. The topological polar surface area (TPSA) is 83.9 Å². The van der Waals surface area contributed by atoms with Crippen LogP contribution in [0.1, 0.15) is 67.0 Å². The molecule has 0 amide bonds. The third-order valence-electron chi connectivity index (χ3n) is 8.25. The summed E-state index contributed by atoms with van der Waals surface area (Å²) in [5, 5.41) is 13.5. The molecule has 2 aromatic rings. The lowest BCUT2D eigenvalue weighted by molar-refractivity contribution is -0.143. The molecule has 2 fully saturated rings. The van der Waals surface area contributed by atoms with E-state index in [1.807, 2.05) is 0 Å². The molecule has 0 aliphatic carbocycles. The second-order valence-corrected chi connectivity index (χ2v) is 11.0. The Kier molecular flexibility index (Phi) is 9.42. The third-order valence-corrected chi connectivity index (χ3v) is 8.25. The number of carboxylic acid groups (broad SMARTS) is 1. The number of hydrogen-bond acceptors (Lipinski definition) is 6. The van der Waals surface area contributed by atoms with Gasteiger partial charge in [0.2, 0.25) is 0 Å². The molecule has 0 radical (unpaired) electrons. The number of aryl methyl sites for hydroxylation is 2. The number of ether oxygens (including phenoxy) is 2. The summed E-state index contributed by atoms with van der Waals surface area (Å²) in [5.41, 5.74) is 3.32. The Morgan fingerprint density at radius 1 is 1.26 bits per heavy atom. The summed E-state index contributed by atoms with van der Waals surface area (Å²) in [7, 11) is 0. The van der Waals surface area contributed by atoms with Gasteiger partial charge in [-0.1, -0.05) is 18.6 Å². The van der Waals surface area contributed by atoms with Crippen molar-refractivity contribution in [3.05, 3.63) is 58.5 Å². The highest BCUT2D eigenvalue weighted by molar-refractivity contribution is 5.76. The Morgan fingerprint density at radius 2 is 2.15 bits per heavy atom. The molecule has 0 spiro atoms. The second kappa shape index (κ2) is 13.2. The third kappa shape index (κ3) is 7.13. The van der Waals surface area contributed by atoms with E-state index in [9.17, 15) is 14.3 Å². The van der Waals surface area contributed by atoms with Crippen LogP contribution in [0.15, 0.2) is 30.3 Å². The molecule has 0 bridgehead atoms. The number of benzene rings is 1. The molecule has 7 nitrogen and oxygen atoms in total. The number of rotatable bonds is 12. The first kappa shape index (κ1) is 27.9. The number of anilines is 1. The molecular weight excluding hydrogens is 504 g/mol. The first-order valence-electron chi connectivity index (χ1n) is 14.3. The van der Waals surface area contributed by atoms with Crippen LogP contribution in [0.3, 0.4) is 0 Å². The Labute approximate surface area is 228 Å². The summed E-state index contributed by atoms with van der Waals surface area (Å²) in [6.45, 7) is 3.08. The van der Waals surface area contributed by atoms with Crippen molar-refractivity contribution < 1.29 is 28.2 Å². The molecule has 39 heavy (non-hydrogen) atoms. The van der Waals surface area contributed by atoms with Gasteiger partial charge >= 0.3 is 5.97 Å². The van der Waals surface area contributed by atoms with Crippen LogP contribution in [0.4, 0.5) is 14.6 Å². The molecule has 1 aromatic heterocycles. The Bertz CT molecular complexity index is 1130. The molecule has 4 unspecified atom stereocenters. The summed E-state index contributed by atoms with van der Waals surface area (Å²) in [5.74, 6) is -0.801. The number of aromatic nitrogens is 1. The van der Waals surface area contributed by atoms with Crippen molar-refractivity contribution in [1.29, 1.82) is 0 Å². The minimum atomic E-state index is -1.06. The number of carboxylic acids is 1. The van der Waals surface area contributed by atoms with Gasteiger partial charge in [0.15, 0.2) is 0 Å². The molecule has 1 aromatic carbocycles. The maximum absolute atomic E-state index is 15.2. The summed E-state index contributed by atoms with van der Waals surface area (Å²) in [6, 6.07) is 7.38. The number of halogens is 2. The Hall–Kier alpha value is -2.62. The second-order valence-electron chi connectivity index (χ2n) is 11.0. The highest BCUT2D eigenvalue weighted by Crippen LogP contribution is 2.34. The van der Waals surface area contributed by atoms with Crippen molar-refractivity contribution in [1.82, 2.24) is 9.88 Å². The lowest BCUT2D eigenvalue weighted by atomic mass is 9.96. The number of carbonyl (C=O) groups is 1. The number of alkyl halides is 1. The van der Waals surface area contributed by atoms with Crippen LogP contribution in [-0.4, -0.2) is 66.1 Å². The molecule has 3 aliphatic rings. The van der Waals surface area contributed by atoms with Gasteiger partial charge in [-0.2, -0.15) is 0 Å². The number of pyridine rings is 1. The predicted octanol–water partition coefficient (Wildman–Crippen LogP) is 5.08. The number of unbranched alkanes of at least 4 members (excludes halogenated alkanes) is 1. The molecule has 4 atom stereocenters. The van der Waals surface area contributed by atoms with E-state index >= 15 is 4.39 Å². The normalized spacial score (nSPS) is 22.8. The maximum Gasteiger partial charge on any atom is 0.325 e. The number of likely N-dealkylation sites (tertiary alicyclic amines) is 1. The fourth-order valence-electron chi connectivity index (χ4n) is 6.02. The first-order valence-corrected chi connectivity index (χ1v) is 14.3. The maximum atomic E-state index is 15.2. The summed E-state index contributed by atoms with van der Waals surface area (Å²) in [4.78, 5) is 18.9. The summed E-state index contributed by atoms with van der Waals surface area (Å²) >= 11 is 0. The molecular formula is C30H39F2N3O4.